The van der Waals surface area contributed by atoms with Crippen LogP contribution >= 0.6 is 15.9 Å². The highest BCUT2D eigenvalue weighted by Gasteiger charge is 2.30. The zero-order chi connectivity index (χ0) is 11.0. The van der Waals surface area contributed by atoms with E-state index in [-0.39, 0.29) is 11.8 Å². The van der Waals surface area contributed by atoms with Crippen LogP contribution in [0.4, 0.5) is 5.82 Å². The molecule has 2 rings (SSSR count). The van der Waals surface area contributed by atoms with Crippen molar-refractivity contribution >= 4 is 33.6 Å². The number of hydrogen-bond donors (Lipinski definition) is 0. The van der Waals surface area contributed by atoms with E-state index in [9.17, 15) is 9.59 Å². The average Bonchev–Trinajstić information content (AvgIpc) is 2.41. The molecule has 15 heavy (non-hydrogen) atoms. The summed E-state index contributed by atoms with van der Waals surface area (Å²) in [7, 11) is 0. The maximum absolute atomic E-state index is 11.6. The van der Waals surface area contributed by atoms with E-state index in [4.69, 9.17) is 0 Å². The molecule has 4 nitrogen and oxygen atoms in total. The van der Waals surface area contributed by atoms with Gasteiger partial charge in [-0.25, -0.2) is 9.88 Å². The standard InChI is InChI=1S/C10H7BrN2O2/c1-6-4-9(14)13(10(6)15)8-5-7(11)2-3-12-8/h2-5H,1H3. The fourth-order valence-corrected chi connectivity index (χ4v) is 1.64. The Balaban J connectivity index is 2.42. The number of nitrogens with zero attached hydrogens (tertiary/aromatic N) is 2. The maximum atomic E-state index is 11.6. The van der Waals surface area contributed by atoms with Crippen LogP contribution in [0.25, 0.3) is 0 Å². The molecule has 1 aromatic rings. The van der Waals surface area contributed by atoms with Gasteiger partial charge in [0.1, 0.15) is 5.82 Å². The summed E-state index contributed by atoms with van der Waals surface area (Å²) in [5.74, 6) is -0.318. The number of anilines is 1. The van der Waals surface area contributed by atoms with Gasteiger partial charge in [-0.1, -0.05) is 15.9 Å². The number of rotatable bonds is 1. The van der Waals surface area contributed by atoms with Crippen LogP contribution in [0.15, 0.2) is 34.5 Å². The Morgan fingerprint density at radius 3 is 2.67 bits per heavy atom. The number of carbonyl (C=O) groups is 2. The predicted molar refractivity (Wildman–Crippen MR) is 58.2 cm³/mol. The largest absolute Gasteiger partial charge is 0.269 e. The van der Waals surface area contributed by atoms with E-state index in [1.807, 2.05) is 0 Å². The van der Waals surface area contributed by atoms with Crippen molar-refractivity contribution in [3.05, 3.63) is 34.5 Å². The molecule has 0 spiro atoms. The number of aromatic nitrogens is 1. The molecule has 0 aromatic carbocycles. The van der Waals surface area contributed by atoms with Crippen molar-refractivity contribution in [2.24, 2.45) is 0 Å². The molecular formula is C10H7BrN2O2. The molecule has 1 aromatic heterocycles. The molecule has 1 aliphatic heterocycles. The van der Waals surface area contributed by atoms with Gasteiger partial charge in [0.15, 0.2) is 0 Å². The van der Waals surface area contributed by atoms with Crippen molar-refractivity contribution in [2.45, 2.75) is 6.92 Å². The molecule has 2 amide bonds. The van der Waals surface area contributed by atoms with E-state index >= 15 is 0 Å². The van der Waals surface area contributed by atoms with Crippen molar-refractivity contribution in [1.82, 2.24) is 4.98 Å². The molecule has 0 bridgehead atoms. The molecule has 2 heterocycles. The van der Waals surface area contributed by atoms with Gasteiger partial charge in [-0.2, -0.15) is 0 Å². The highest BCUT2D eigenvalue weighted by molar-refractivity contribution is 9.10. The summed E-state index contributed by atoms with van der Waals surface area (Å²) in [4.78, 5) is 28.1. The van der Waals surface area contributed by atoms with Gasteiger partial charge in [0.05, 0.1) is 0 Å². The van der Waals surface area contributed by atoms with Crippen LogP contribution in [0, 0.1) is 0 Å². The van der Waals surface area contributed by atoms with Gasteiger partial charge in [-0.3, -0.25) is 9.59 Å². The third kappa shape index (κ3) is 1.70. The molecule has 0 saturated heterocycles. The molecule has 0 N–H and O–H groups in total. The zero-order valence-corrected chi connectivity index (χ0v) is 9.48. The molecule has 76 valence electrons. The van der Waals surface area contributed by atoms with E-state index in [0.717, 1.165) is 9.37 Å². The minimum Gasteiger partial charge on any atom is -0.269 e. The van der Waals surface area contributed by atoms with Gasteiger partial charge in [0, 0.05) is 22.3 Å². The lowest BCUT2D eigenvalue weighted by Crippen LogP contribution is -2.31. The van der Waals surface area contributed by atoms with E-state index in [2.05, 4.69) is 20.9 Å². The molecule has 0 aliphatic carbocycles. The van der Waals surface area contributed by atoms with Gasteiger partial charge in [-0.05, 0) is 19.1 Å². The molecular weight excluding hydrogens is 260 g/mol. The highest BCUT2D eigenvalue weighted by atomic mass is 79.9. The van der Waals surface area contributed by atoms with Gasteiger partial charge in [-0.15, -0.1) is 0 Å². The van der Waals surface area contributed by atoms with Crippen molar-refractivity contribution < 1.29 is 9.59 Å². The van der Waals surface area contributed by atoms with Crippen molar-refractivity contribution in [3.63, 3.8) is 0 Å². The Morgan fingerprint density at radius 1 is 1.40 bits per heavy atom. The Kier molecular flexibility index (Phi) is 2.40. The molecule has 0 fully saturated rings. The second-order valence-corrected chi connectivity index (χ2v) is 4.05. The summed E-state index contributed by atoms with van der Waals surface area (Å²) in [5.41, 5.74) is 0.432. The van der Waals surface area contributed by atoms with Crippen LogP contribution in [0.1, 0.15) is 6.92 Å². The Labute approximate surface area is 94.7 Å². The van der Waals surface area contributed by atoms with Gasteiger partial charge >= 0.3 is 0 Å². The lowest BCUT2D eigenvalue weighted by atomic mass is 10.3. The lowest BCUT2D eigenvalue weighted by molar-refractivity contribution is -0.120. The first-order valence-electron chi connectivity index (χ1n) is 4.28. The molecule has 0 atom stereocenters. The van der Waals surface area contributed by atoms with Crippen molar-refractivity contribution in [3.8, 4) is 0 Å². The van der Waals surface area contributed by atoms with E-state index in [1.165, 1.54) is 12.3 Å². The van der Waals surface area contributed by atoms with Crippen LogP contribution in [-0.2, 0) is 9.59 Å². The quantitative estimate of drug-likeness (QED) is 0.727. The smallest absolute Gasteiger partial charge is 0.262 e. The van der Waals surface area contributed by atoms with Crippen molar-refractivity contribution in [1.29, 1.82) is 0 Å². The fourth-order valence-electron chi connectivity index (χ4n) is 1.32. The minimum absolute atomic E-state index is 0.314. The first-order valence-corrected chi connectivity index (χ1v) is 5.07. The molecule has 1 aliphatic rings. The number of hydrogen-bond acceptors (Lipinski definition) is 3. The monoisotopic (exact) mass is 266 g/mol. The van der Waals surface area contributed by atoms with Crippen LogP contribution in [-0.4, -0.2) is 16.8 Å². The number of pyridine rings is 1. The second-order valence-electron chi connectivity index (χ2n) is 3.14. The number of halogens is 1. The SMILES string of the molecule is CC1=CC(=O)N(c2cc(Br)ccn2)C1=O. The maximum Gasteiger partial charge on any atom is 0.262 e. The first kappa shape index (κ1) is 10.0. The normalized spacial score (nSPS) is 15.9. The lowest BCUT2D eigenvalue weighted by Gasteiger charge is -2.12. The van der Waals surface area contributed by atoms with Gasteiger partial charge in [0.25, 0.3) is 11.8 Å². The Bertz CT molecular complexity index is 482. The fraction of sp³-hybridized carbons (Fsp3) is 0.100. The predicted octanol–water partition coefficient (Wildman–Crippen LogP) is 1.66. The number of imide groups is 1. The zero-order valence-electron chi connectivity index (χ0n) is 7.90. The average molecular weight is 267 g/mol. The highest BCUT2D eigenvalue weighted by Crippen LogP contribution is 2.22. The third-order valence-corrected chi connectivity index (χ3v) is 2.53. The Hall–Kier alpha value is -1.49. The summed E-state index contributed by atoms with van der Waals surface area (Å²) >= 11 is 3.26. The van der Waals surface area contributed by atoms with Crippen LogP contribution in [0.2, 0.25) is 0 Å². The first-order chi connectivity index (χ1) is 7.09. The molecule has 0 radical (unpaired) electrons. The third-order valence-electron chi connectivity index (χ3n) is 2.04. The van der Waals surface area contributed by atoms with Crippen LogP contribution in [0.3, 0.4) is 0 Å². The molecule has 0 unspecified atom stereocenters. The Morgan fingerprint density at radius 2 is 2.13 bits per heavy atom. The van der Waals surface area contributed by atoms with E-state index < -0.39 is 0 Å². The number of carbonyl (C=O) groups excluding carboxylic acids is 2. The topological polar surface area (TPSA) is 50.3 Å². The summed E-state index contributed by atoms with van der Waals surface area (Å²) in [6, 6.07) is 3.36. The summed E-state index contributed by atoms with van der Waals surface area (Å²) < 4.78 is 0.776. The summed E-state index contributed by atoms with van der Waals surface area (Å²) in [6.07, 6.45) is 2.85. The number of amides is 2. The van der Waals surface area contributed by atoms with Crippen LogP contribution in [0.5, 0.6) is 0 Å². The van der Waals surface area contributed by atoms with Crippen LogP contribution < -0.4 is 4.90 Å². The van der Waals surface area contributed by atoms with Gasteiger partial charge in [0.2, 0.25) is 0 Å². The molecule has 5 heteroatoms. The summed E-state index contributed by atoms with van der Waals surface area (Å²) in [5, 5.41) is 0. The summed E-state index contributed by atoms with van der Waals surface area (Å²) in [6.45, 7) is 1.61. The minimum atomic E-state index is -0.344. The van der Waals surface area contributed by atoms with Crippen molar-refractivity contribution in [2.75, 3.05) is 4.90 Å². The second kappa shape index (κ2) is 3.58. The van der Waals surface area contributed by atoms with Gasteiger partial charge < -0.3 is 0 Å². The van der Waals surface area contributed by atoms with E-state index in [1.54, 1.807) is 19.1 Å². The molecule has 0 saturated carbocycles. The van der Waals surface area contributed by atoms with E-state index in [0.29, 0.717) is 11.4 Å².